The third-order valence-electron chi connectivity index (χ3n) is 3.92. The summed E-state index contributed by atoms with van der Waals surface area (Å²) in [6, 6.07) is 3.59. The molecule has 0 radical (unpaired) electrons. The van der Waals surface area contributed by atoms with Gasteiger partial charge in [0.15, 0.2) is 0 Å². The van der Waals surface area contributed by atoms with E-state index >= 15 is 0 Å². The van der Waals surface area contributed by atoms with Crippen molar-refractivity contribution in [1.82, 2.24) is 4.72 Å². The molecule has 1 aromatic rings. The van der Waals surface area contributed by atoms with Crippen LogP contribution in [-0.2, 0) is 16.6 Å². The fraction of sp³-hybridized carbons (Fsp3) is 0.600. The summed E-state index contributed by atoms with van der Waals surface area (Å²) in [6.07, 6.45) is 4.66. The maximum Gasteiger partial charge on any atom is 0.240 e. The van der Waals surface area contributed by atoms with E-state index in [9.17, 15) is 8.42 Å². The summed E-state index contributed by atoms with van der Waals surface area (Å²) in [7, 11) is -3.42. The third-order valence-corrected chi connectivity index (χ3v) is 5.52. The van der Waals surface area contributed by atoms with Gasteiger partial charge in [0.1, 0.15) is 0 Å². The Balaban J connectivity index is 2.07. The van der Waals surface area contributed by atoms with Crippen molar-refractivity contribution < 1.29 is 8.42 Å². The van der Waals surface area contributed by atoms with Crippen LogP contribution in [0.3, 0.4) is 0 Å². The van der Waals surface area contributed by atoms with Gasteiger partial charge in [-0.05, 0) is 55.4 Å². The molecule has 0 bridgehead atoms. The summed E-state index contributed by atoms with van der Waals surface area (Å²) in [5.74, 6) is 0.837. The van der Waals surface area contributed by atoms with Crippen molar-refractivity contribution >= 4 is 10.0 Å². The molecule has 0 spiro atoms. The number of hydrogen-bond donors (Lipinski definition) is 2. The van der Waals surface area contributed by atoms with Gasteiger partial charge in [-0.25, -0.2) is 13.1 Å². The highest BCUT2D eigenvalue weighted by Crippen LogP contribution is 2.33. The largest absolute Gasteiger partial charge is 0.326 e. The molecule has 4 nitrogen and oxygen atoms in total. The lowest BCUT2D eigenvalue weighted by atomic mass is 10.1. The Morgan fingerprint density at radius 1 is 1.25 bits per heavy atom. The molecule has 112 valence electrons. The van der Waals surface area contributed by atoms with Crippen LogP contribution >= 0.6 is 0 Å². The number of sulfonamides is 1. The highest BCUT2D eigenvalue weighted by atomic mass is 32.2. The first kappa shape index (κ1) is 15.5. The second-order valence-corrected chi connectivity index (χ2v) is 7.47. The molecule has 1 aromatic carbocycles. The summed E-state index contributed by atoms with van der Waals surface area (Å²) in [6.45, 7) is 4.65. The number of aryl methyl sites for hydroxylation is 2. The molecule has 1 fully saturated rings. The predicted octanol–water partition coefficient (Wildman–Crippen LogP) is 2.23. The van der Waals surface area contributed by atoms with Crippen LogP contribution in [0.1, 0.15) is 42.4 Å². The summed E-state index contributed by atoms with van der Waals surface area (Å²) in [4.78, 5) is 0.356. The van der Waals surface area contributed by atoms with Crippen molar-refractivity contribution in [2.24, 2.45) is 11.7 Å². The van der Waals surface area contributed by atoms with Crippen molar-refractivity contribution in [3.63, 3.8) is 0 Å². The predicted molar refractivity (Wildman–Crippen MR) is 81.0 cm³/mol. The molecule has 20 heavy (non-hydrogen) atoms. The second kappa shape index (κ2) is 6.24. The lowest BCUT2D eigenvalue weighted by Crippen LogP contribution is -2.26. The first-order valence-electron chi connectivity index (χ1n) is 7.24. The van der Waals surface area contributed by atoms with Crippen LogP contribution in [0, 0.1) is 19.8 Å². The minimum atomic E-state index is -3.42. The number of benzene rings is 1. The van der Waals surface area contributed by atoms with Crippen LogP contribution < -0.4 is 10.5 Å². The molecule has 1 aliphatic carbocycles. The van der Waals surface area contributed by atoms with E-state index in [1.165, 1.54) is 12.8 Å². The van der Waals surface area contributed by atoms with E-state index in [1.54, 1.807) is 6.07 Å². The SMILES string of the molecule is Cc1cc(C)c(S(=O)(=O)NCCCC2CC2)cc1CN. The van der Waals surface area contributed by atoms with Gasteiger partial charge in [-0.1, -0.05) is 18.9 Å². The maximum atomic E-state index is 12.3. The number of nitrogens with one attached hydrogen (secondary N) is 1. The first-order valence-corrected chi connectivity index (χ1v) is 8.72. The molecule has 0 atom stereocenters. The van der Waals surface area contributed by atoms with Gasteiger partial charge in [-0.15, -0.1) is 0 Å². The minimum Gasteiger partial charge on any atom is -0.326 e. The molecular formula is C15H24N2O2S. The van der Waals surface area contributed by atoms with Crippen molar-refractivity contribution in [3.8, 4) is 0 Å². The molecule has 1 saturated carbocycles. The van der Waals surface area contributed by atoms with E-state index in [0.717, 1.165) is 35.4 Å². The number of hydrogen-bond acceptors (Lipinski definition) is 3. The Bertz CT molecular complexity index is 578. The van der Waals surface area contributed by atoms with E-state index in [-0.39, 0.29) is 0 Å². The van der Waals surface area contributed by atoms with E-state index in [1.807, 2.05) is 19.9 Å². The van der Waals surface area contributed by atoms with Gasteiger partial charge in [0, 0.05) is 13.1 Å². The van der Waals surface area contributed by atoms with Crippen LogP contribution in [0.25, 0.3) is 0 Å². The van der Waals surface area contributed by atoms with Gasteiger partial charge < -0.3 is 5.73 Å². The molecule has 0 unspecified atom stereocenters. The summed E-state index contributed by atoms with van der Waals surface area (Å²) >= 11 is 0. The Kier molecular flexibility index (Phi) is 4.83. The number of nitrogens with two attached hydrogens (primary N) is 1. The van der Waals surface area contributed by atoms with E-state index in [2.05, 4.69) is 4.72 Å². The average Bonchev–Trinajstić information content (AvgIpc) is 3.18. The van der Waals surface area contributed by atoms with Crippen molar-refractivity contribution in [1.29, 1.82) is 0 Å². The van der Waals surface area contributed by atoms with Crippen LogP contribution in [-0.4, -0.2) is 15.0 Å². The zero-order valence-electron chi connectivity index (χ0n) is 12.3. The van der Waals surface area contributed by atoms with E-state index in [4.69, 9.17) is 5.73 Å². The van der Waals surface area contributed by atoms with E-state index < -0.39 is 10.0 Å². The Hall–Kier alpha value is -0.910. The number of rotatable bonds is 7. The van der Waals surface area contributed by atoms with Gasteiger partial charge >= 0.3 is 0 Å². The first-order chi connectivity index (χ1) is 9.44. The highest BCUT2D eigenvalue weighted by molar-refractivity contribution is 7.89. The quantitative estimate of drug-likeness (QED) is 0.758. The molecule has 1 aliphatic rings. The molecule has 0 aliphatic heterocycles. The van der Waals surface area contributed by atoms with Gasteiger partial charge in [0.05, 0.1) is 4.90 Å². The fourth-order valence-corrected chi connectivity index (χ4v) is 3.81. The lowest BCUT2D eigenvalue weighted by molar-refractivity contribution is 0.572. The molecule has 0 saturated heterocycles. The lowest BCUT2D eigenvalue weighted by Gasteiger charge is -2.12. The van der Waals surface area contributed by atoms with Gasteiger partial charge in [0.2, 0.25) is 10.0 Å². The smallest absolute Gasteiger partial charge is 0.240 e. The van der Waals surface area contributed by atoms with Gasteiger partial charge in [-0.3, -0.25) is 0 Å². The fourth-order valence-electron chi connectivity index (χ4n) is 2.47. The molecule has 0 aromatic heterocycles. The average molecular weight is 296 g/mol. The molecular weight excluding hydrogens is 272 g/mol. The standard InChI is InChI=1S/C15H24N2O2S/c1-11-8-12(2)15(9-14(11)10-16)20(18,19)17-7-3-4-13-5-6-13/h8-9,13,17H,3-7,10,16H2,1-2H3. The summed E-state index contributed by atoms with van der Waals surface area (Å²) in [5, 5.41) is 0. The monoisotopic (exact) mass is 296 g/mol. The van der Waals surface area contributed by atoms with Crippen molar-refractivity contribution in [2.75, 3.05) is 6.54 Å². The van der Waals surface area contributed by atoms with Crippen LogP contribution in [0.5, 0.6) is 0 Å². The summed E-state index contributed by atoms with van der Waals surface area (Å²) in [5.41, 5.74) is 8.35. The zero-order chi connectivity index (χ0) is 14.8. The topological polar surface area (TPSA) is 72.2 Å². The zero-order valence-corrected chi connectivity index (χ0v) is 13.1. The highest BCUT2D eigenvalue weighted by Gasteiger charge is 2.21. The molecule has 3 N–H and O–H groups in total. The molecule has 5 heteroatoms. The van der Waals surface area contributed by atoms with Crippen LogP contribution in [0.2, 0.25) is 0 Å². The maximum absolute atomic E-state index is 12.3. The third kappa shape index (κ3) is 3.81. The van der Waals surface area contributed by atoms with Crippen LogP contribution in [0.4, 0.5) is 0 Å². The van der Waals surface area contributed by atoms with E-state index in [0.29, 0.717) is 18.0 Å². The molecule has 0 amide bonds. The molecule has 2 rings (SSSR count). The Morgan fingerprint density at radius 3 is 2.55 bits per heavy atom. The summed E-state index contributed by atoms with van der Waals surface area (Å²) < 4.78 is 27.4. The minimum absolute atomic E-state index is 0.356. The van der Waals surface area contributed by atoms with Crippen molar-refractivity contribution in [2.45, 2.75) is 51.0 Å². The Morgan fingerprint density at radius 2 is 1.95 bits per heavy atom. The molecule has 0 heterocycles. The Labute approximate surface area is 121 Å². The normalized spacial score (nSPS) is 15.6. The van der Waals surface area contributed by atoms with Crippen molar-refractivity contribution in [3.05, 3.63) is 28.8 Å². The van der Waals surface area contributed by atoms with Gasteiger partial charge in [0.25, 0.3) is 0 Å². The second-order valence-electron chi connectivity index (χ2n) is 5.73. The van der Waals surface area contributed by atoms with Gasteiger partial charge in [-0.2, -0.15) is 0 Å². The van der Waals surface area contributed by atoms with Crippen LogP contribution in [0.15, 0.2) is 17.0 Å².